The summed E-state index contributed by atoms with van der Waals surface area (Å²) in [5, 5.41) is 23.8. The summed E-state index contributed by atoms with van der Waals surface area (Å²) in [4.78, 5) is 37.3. The molecule has 12 heteroatoms. The van der Waals surface area contributed by atoms with Crippen LogP contribution in [-0.2, 0) is 22.6 Å². The fourth-order valence-electron chi connectivity index (χ4n) is 7.62. The normalized spacial score (nSPS) is 20.0. The van der Waals surface area contributed by atoms with Crippen LogP contribution in [0.25, 0.3) is 22.2 Å². The van der Waals surface area contributed by atoms with Crippen molar-refractivity contribution in [3.63, 3.8) is 0 Å². The fourth-order valence-corrected chi connectivity index (χ4v) is 7.62. The molecule has 57 heavy (non-hydrogen) atoms. The molecule has 0 saturated carbocycles. The zero-order valence-electron chi connectivity index (χ0n) is 31.6. The standard InChI is InChI=1S/C45H44N6O6/c1-30-42(28-49-20-22-50(23-21-49)37-16-18-38(19-17-37)51(54)55)56-45(57-43(30)33-14-12-31(29-52)13-15-33)36-9-5-8-35(25-36)34-7-4-6-32(24-34)26-47-44(53)41-27-46-39-10-2-3-11-40(39)48-41/h2-19,24-25,27,30,42-43,45,52H,20-23,26,28-29H2,1H3,(H,47,53)/t30-,42+,43+,45+/m1/s1. The minimum atomic E-state index is -0.624. The van der Waals surface area contributed by atoms with Gasteiger partial charge in [0.05, 0.1) is 41.0 Å². The van der Waals surface area contributed by atoms with E-state index in [0.717, 1.165) is 77.3 Å². The fraction of sp³-hybridized carbons (Fsp3) is 0.267. The number of carbonyl (C=O) groups is 1. The highest BCUT2D eigenvalue weighted by atomic mass is 16.7. The average Bonchev–Trinajstić information content (AvgIpc) is 3.26. The minimum absolute atomic E-state index is 0.0267. The summed E-state index contributed by atoms with van der Waals surface area (Å²) in [6.07, 6.45) is 0.492. The molecule has 2 fully saturated rings. The number of nitro groups is 1. The van der Waals surface area contributed by atoms with Crippen molar-refractivity contribution in [2.24, 2.45) is 5.92 Å². The molecule has 0 spiro atoms. The van der Waals surface area contributed by atoms with Crippen LogP contribution in [-0.4, -0.2) is 69.6 Å². The van der Waals surface area contributed by atoms with Crippen molar-refractivity contribution < 1.29 is 24.3 Å². The lowest BCUT2D eigenvalue weighted by molar-refractivity contribution is -0.384. The van der Waals surface area contributed by atoms with Crippen LogP contribution in [0.1, 0.15) is 52.1 Å². The maximum absolute atomic E-state index is 13.0. The molecule has 6 aromatic rings. The molecule has 2 aliphatic rings. The third-order valence-corrected chi connectivity index (χ3v) is 10.9. The first-order valence-corrected chi connectivity index (χ1v) is 19.2. The van der Waals surface area contributed by atoms with Crippen LogP contribution in [0.4, 0.5) is 11.4 Å². The molecular weight excluding hydrogens is 721 g/mol. The molecule has 3 heterocycles. The third kappa shape index (κ3) is 8.69. The van der Waals surface area contributed by atoms with Gasteiger partial charge < -0.3 is 24.8 Å². The molecular formula is C45H44N6O6. The molecule has 290 valence electrons. The monoisotopic (exact) mass is 764 g/mol. The topological polar surface area (TPSA) is 143 Å². The third-order valence-electron chi connectivity index (χ3n) is 10.9. The van der Waals surface area contributed by atoms with Gasteiger partial charge in [0, 0.05) is 68.6 Å². The molecule has 0 aliphatic carbocycles. The van der Waals surface area contributed by atoms with Gasteiger partial charge in [-0.25, -0.2) is 4.98 Å². The van der Waals surface area contributed by atoms with E-state index >= 15 is 0 Å². The second-order valence-electron chi connectivity index (χ2n) is 14.6. The minimum Gasteiger partial charge on any atom is -0.392 e. The Hall–Kier alpha value is -6.05. The number of para-hydroxylation sites is 2. The summed E-state index contributed by atoms with van der Waals surface area (Å²) in [5.74, 6) is -0.257. The average molecular weight is 765 g/mol. The molecule has 5 aromatic carbocycles. The van der Waals surface area contributed by atoms with Crippen molar-refractivity contribution in [2.75, 3.05) is 37.6 Å². The van der Waals surface area contributed by atoms with E-state index in [1.54, 1.807) is 12.1 Å². The van der Waals surface area contributed by atoms with E-state index < -0.39 is 6.29 Å². The van der Waals surface area contributed by atoms with Crippen LogP contribution in [0.15, 0.2) is 128 Å². The van der Waals surface area contributed by atoms with Crippen LogP contribution in [0.5, 0.6) is 0 Å². The lowest BCUT2D eigenvalue weighted by Gasteiger charge is -2.44. The van der Waals surface area contributed by atoms with Crippen LogP contribution in [0.2, 0.25) is 0 Å². The lowest BCUT2D eigenvalue weighted by atomic mass is 9.89. The summed E-state index contributed by atoms with van der Waals surface area (Å²) < 4.78 is 13.6. The molecule has 1 aromatic heterocycles. The van der Waals surface area contributed by atoms with Gasteiger partial charge in [0.2, 0.25) is 0 Å². The van der Waals surface area contributed by atoms with Gasteiger partial charge in [0.1, 0.15) is 5.69 Å². The van der Waals surface area contributed by atoms with E-state index in [1.165, 1.54) is 6.20 Å². The number of aliphatic hydroxyl groups is 1. The highest BCUT2D eigenvalue weighted by Crippen LogP contribution is 2.42. The van der Waals surface area contributed by atoms with E-state index in [0.29, 0.717) is 12.1 Å². The number of nitrogens with one attached hydrogen (secondary N) is 1. The molecule has 2 saturated heterocycles. The first-order valence-electron chi connectivity index (χ1n) is 19.2. The first kappa shape index (κ1) is 37.9. The van der Waals surface area contributed by atoms with Gasteiger partial charge in [0.25, 0.3) is 11.6 Å². The van der Waals surface area contributed by atoms with Crippen molar-refractivity contribution in [2.45, 2.75) is 38.6 Å². The number of carbonyl (C=O) groups excluding carboxylic acids is 1. The predicted molar refractivity (Wildman–Crippen MR) is 217 cm³/mol. The first-order chi connectivity index (χ1) is 27.8. The molecule has 2 aliphatic heterocycles. The van der Waals surface area contributed by atoms with Gasteiger partial charge in [-0.3, -0.25) is 24.8 Å². The Kier molecular flexibility index (Phi) is 11.3. The van der Waals surface area contributed by atoms with Crippen LogP contribution in [0, 0.1) is 16.0 Å². The largest absolute Gasteiger partial charge is 0.392 e. The number of hydrogen-bond acceptors (Lipinski definition) is 10. The summed E-state index contributed by atoms with van der Waals surface area (Å²) in [6.45, 7) is 6.44. The van der Waals surface area contributed by atoms with Gasteiger partial charge in [-0.1, -0.05) is 79.7 Å². The Morgan fingerprint density at radius 2 is 1.54 bits per heavy atom. The number of anilines is 1. The maximum Gasteiger partial charge on any atom is 0.271 e. The van der Waals surface area contributed by atoms with Gasteiger partial charge in [0.15, 0.2) is 6.29 Å². The molecule has 1 amide bonds. The number of non-ortho nitro benzene ring substituents is 1. The van der Waals surface area contributed by atoms with Crippen molar-refractivity contribution in [3.05, 3.63) is 166 Å². The maximum atomic E-state index is 13.0. The molecule has 8 rings (SSSR count). The quantitative estimate of drug-likeness (QED) is 0.102. The van der Waals surface area contributed by atoms with Crippen molar-refractivity contribution in [3.8, 4) is 11.1 Å². The summed E-state index contributed by atoms with van der Waals surface area (Å²) >= 11 is 0. The number of nitrogens with zero attached hydrogens (tertiary/aromatic N) is 5. The molecule has 0 bridgehead atoms. The van der Waals surface area contributed by atoms with Gasteiger partial charge in [-0.05, 0) is 64.2 Å². The van der Waals surface area contributed by atoms with Crippen molar-refractivity contribution in [1.29, 1.82) is 0 Å². The zero-order chi connectivity index (χ0) is 39.3. The number of fused-ring (bicyclic) bond motifs is 1. The Morgan fingerprint density at radius 3 is 2.28 bits per heavy atom. The molecule has 12 nitrogen and oxygen atoms in total. The van der Waals surface area contributed by atoms with E-state index in [2.05, 4.69) is 56.3 Å². The Morgan fingerprint density at radius 1 is 0.825 bits per heavy atom. The number of piperazine rings is 1. The van der Waals surface area contributed by atoms with Crippen molar-refractivity contribution >= 4 is 28.3 Å². The Labute approximate surface area is 330 Å². The lowest BCUT2D eigenvalue weighted by Crippen LogP contribution is -2.51. The van der Waals surface area contributed by atoms with Crippen molar-refractivity contribution in [1.82, 2.24) is 20.2 Å². The number of amides is 1. The predicted octanol–water partition coefficient (Wildman–Crippen LogP) is 7.24. The summed E-state index contributed by atoms with van der Waals surface area (Å²) in [6, 6.07) is 38.5. The molecule has 4 atom stereocenters. The number of hydrogen-bond donors (Lipinski definition) is 2. The van der Waals surface area contributed by atoms with E-state index in [-0.39, 0.29) is 46.9 Å². The van der Waals surface area contributed by atoms with Crippen LogP contribution in [0.3, 0.4) is 0 Å². The van der Waals surface area contributed by atoms with E-state index in [4.69, 9.17) is 9.47 Å². The highest BCUT2D eigenvalue weighted by molar-refractivity contribution is 5.93. The van der Waals surface area contributed by atoms with E-state index in [9.17, 15) is 20.0 Å². The van der Waals surface area contributed by atoms with Crippen LogP contribution < -0.4 is 10.2 Å². The van der Waals surface area contributed by atoms with Gasteiger partial charge in [-0.2, -0.15) is 0 Å². The van der Waals surface area contributed by atoms with Gasteiger partial charge >= 0.3 is 0 Å². The Balaban J connectivity index is 0.972. The van der Waals surface area contributed by atoms with Crippen LogP contribution >= 0.6 is 0 Å². The number of aliphatic hydroxyl groups excluding tert-OH is 1. The number of benzene rings is 5. The zero-order valence-corrected chi connectivity index (χ0v) is 31.6. The smallest absolute Gasteiger partial charge is 0.271 e. The number of aromatic nitrogens is 2. The summed E-state index contributed by atoms with van der Waals surface area (Å²) in [7, 11) is 0. The number of nitro benzene ring substituents is 1. The highest BCUT2D eigenvalue weighted by Gasteiger charge is 2.39. The second-order valence-corrected chi connectivity index (χ2v) is 14.6. The second kappa shape index (κ2) is 17.0. The number of rotatable bonds is 11. The summed E-state index contributed by atoms with van der Waals surface area (Å²) in [5.41, 5.74) is 8.45. The molecule has 0 radical (unpaired) electrons. The molecule has 2 N–H and O–H groups in total. The van der Waals surface area contributed by atoms with Gasteiger partial charge in [-0.15, -0.1) is 0 Å². The van der Waals surface area contributed by atoms with E-state index in [1.807, 2.05) is 84.9 Å². The molecule has 0 unspecified atom stereocenters. The Bertz CT molecular complexity index is 2350. The number of ether oxygens (including phenoxy) is 2. The SMILES string of the molecule is C[C@@H]1[C@H](CN2CCN(c3ccc([N+](=O)[O-])cc3)CC2)O[C@H](c2cccc(-c3cccc(CNC(=O)c4cnc5ccccc5n4)c3)c2)O[C@@H]1c1ccc(CO)cc1.